The molecule has 0 saturated heterocycles. The normalized spacial score (nSPS) is 23.8. The minimum absolute atomic E-state index is 0.00583. The second kappa shape index (κ2) is 7.80. The fraction of sp³-hybridized carbons (Fsp3) is 0.350. The number of amidine groups is 1. The van der Waals surface area contributed by atoms with Crippen LogP contribution in [0, 0.1) is 5.82 Å². The van der Waals surface area contributed by atoms with E-state index in [1.807, 2.05) is 0 Å². The smallest absolute Gasteiger partial charge is 0.424 e. The molecule has 3 rings (SSSR count). The van der Waals surface area contributed by atoms with Crippen molar-refractivity contribution in [3.05, 3.63) is 53.6 Å². The fourth-order valence-electron chi connectivity index (χ4n) is 3.06. The van der Waals surface area contributed by atoms with Crippen LogP contribution in [0.2, 0.25) is 0 Å². The summed E-state index contributed by atoms with van der Waals surface area (Å²) in [6.07, 6.45) is -3.39. The number of carbonyl (C=O) groups is 1. The van der Waals surface area contributed by atoms with Crippen molar-refractivity contribution >= 4 is 17.4 Å². The van der Waals surface area contributed by atoms with Gasteiger partial charge in [-0.2, -0.15) is 13.2 Å². The Morgan fingerprint density at radius 1 is 1.29 bits per heavy atom. The standard InChI is InChI=1S/C20H20F4N4O3/c1-18(10-31-19(2,17(25)28-18)20(22,23)24)12-9-11(6-7-13(12)21)27-16(29)15-14(30-3)5-4-8-26-15/h4-9H,10H2,1-3H3,(H2,25,28)(H,27,29)/t18-,19+/m0/s1. The van der Waals surface area contributed by atoms with E-state index in [9.17, 15) is 22.4 Å². The molecule has 0 spiro atoms. The molecular formula is C20H20F4N4O3. The number of benzene rings is 1. The molecule has 0 radical (unpaired) electrons. The molecule has 0 fully saturated rings. The Bertz CT molecular complexity index is 1040. The third-order valence-electron chi connectivity index (χ3n) is 5.05. The molecule has 0 saturated carbocycles. The molecule has 166 valence electrons. The van der Waals surface area contributed by atoms with Gasteiger partial charge in [0.1, 0.15) is 22.9 Å². The van der Waals surface area contributed by atoms with Crippen LogP contribution in [0.3, 0.4) is 0 Å². The molecule has 7 nitrogen and oxygen atoms in total. The molecule has 31 heavy (non-hydrogen) atoms. The number of rotatable bonds is 4. The lowest BCUT2D eigenvalue weighted by Gasteiger charge is -2.41. The first kappa shape index (κ1) is 22.5. The van der Waals surface area contributed by atoms with Crippen molar-refractivity contribution in [2.75, 3.05) is 19.0 Å². The Morgan fingerprint density at radius 3 is 2.61 bits per heavy atom. The summed E-state index contributed by atoms with van der Waals surface area (Å²) >= 11 is 0. The van der Waals surface area contributed by atoms with E-state index in [4.69, 9.17) is 15.2 Å². The van der Waals surface area contributed by atoms with Gasteiger partial charge in [-0.3, -0.25) is 9.79 Å². The molecule has 1 aliphatic heterocycles. The molecule has 1 aliphatic rings. The number of hydrogen-bond acceptors (Lipinski definition) is 6. The summed E-state index contributed by atoms with van der Waals surface area (Å²) in [6.45, 7) is 1.58. The number of aromatic nitrogens is 1. The Morgan fingerprint density at radius 2 is 2.00 bits per heavy atom. The highest BCUT2D eigenvalue weighted by Gasteiger charge is 2.59. The molecule has 11 heteroatoms. The molecule has 3 N–H and O–H groups in total. The third-order valence-corrected chi connectivity index (χ3v) is 5.05. The van der Waals surface area contributed by atoms with E-state index >= 15 is 0 Å². The van der Waals surface area contributed by atoms with Crippen molar-refractivity contribution in [2.24, 2.45) is 10.7 Å². The molecule has 0 bridgehead atoms. The number of halogens is 4. The first-order chi connectivity index (χ1) is 14.4. The number of anilines is 1. The minimum Gasteiger partial charge on any atom is -0.494 e. The van der Waals surface area contributed by atoms with Gasteiger partial charge in [0.05, 0.1) is 13.7 Å². The molecular weight excluding hydrogens is 420 g/mol. The predicted octanol–water partition coefficient (Wildman–Crippen LogP) is 3.41. The summed E-state index contributed by atoms with van der Waals surface area (Å²) in [7, 11) is 1.38. The monoisotopic (exact) mass is 440 g/mol. The molecule has 2 aromatic rings. The van der Waals surface area contributed by atoms with E-state index in [2.05, 4.69) is 15.3 Å². The summed E-state index contributed by atoms with van der Waals surface area (Å²) in [5.74, 6) is -1.95. The number of hydrogen-bond donors (Lipinski definition) is 2. The van der Waals surface area contributed by atoms with Crippen LogP contribution in [0.25, 0.3) is 0 Å². The number of carbonyl (C=O) groups excluding carboxylic acids is 1. The van der Waals surface area contributed by atoms with E-state index in [1.165, 1.54) is 32.4 Å². The van der Waals surface area contributed by atoms with Gasteiger partial charge in [-0.1, -0.05) is 0 Å². The first-order valence-corrected chi connectivity index (χ1v) is 9.08. The van der Waals surface area contributed by atoms with Gasteiger partial charge in [0.25, 0.3) is 5.91 Å². The quantitative estimate of drug-likeness (QED) is 0.710. The Balaban J connectivity index is 1.94. The Kier molecular flexibility index (Phi) is 5.66. The van der Waals surface area contributed by atoms with E-state index in [0.717, 1.165) is 13.0 Å². The van der Waals surface area contributed by atoms with Crippen LogP contribution >= 0.6 is 0 Å². The van der Waals surface area contributed by atoms with Crippen LogP contribution in [0.5, 0.6) is 5.75 Å². The second-order valence-electron chi connectivity index (χ2n) is 7.29. The van der Waals surface area contributed by atoms with Crippen LogP contribution in [-0.4, -0.2) is 42.2 Å². The number of amides is 1. The molecule has 1 aromatic heterocycles. The first-order valence-electron chi connectivity index (χ1n) is 9.08. The van der Waals surface area contributed by atoms with Gasteiger partial charge < -0.3 is 20.5 Å². The van der Waals surface area contributed by atoms with Gasteiger partial charge in [-0.25, -0.2) is 9.37 Å². The van der Waals surface area contributed by atoms with Gasteiger partial charge in [-0.05, 0) is 44.2 Å². The highest BCUT2D eigenvalue weighted by Crippen LogP contribution is 2.41. The summed E-state index contributed by atoms with van der Waals surface area (Å²) in [6, 6.07) is 6.76. The number of ether oxygens (including phenoxy) is 2. The lowest BCUT2D eigenvalue weighted by atomic mass is 9.89. The Hall–Kier alpha value is -3.21. The number of alkyl halides is 3. The highest BCUT2D eigenvalue weighted by atomic mass is 19.4. The lowest BCUT2D eigenvalue weighted by Crippen LogP contribution is -2.60. The van der Waals surface area contributed by atoms with Gasteiger partial charge in [0.15, 0.2) is 5.69 Å². The zero-order valence-electron chi connectivity index (χ0n) is 16.9. The van der Waals surface area contributed by atoms with Crippen molar-refractivity contribution in [1.29, 1.82) is 0 Å². The number of nitrogens with one attached hydrogen (secondary N) is 1. The maximum absolute atomic E-state index is 14.6. The average Bonchev–Trinajstić information content (AvgIpc) is 2.71. The molecule has 0 unspecified atom stereocenters. The molecule has 1 amide bonds. The molecule has 2 heterocycles. The van der Waals surface area contributed by atoms with E-state index < -0.39 is 41.5 Å². The van der Waals surface area contributed by atoms with Crippen LogP contribution in [0.15, 0.2) is 41.5 Å². The molecule has 1 aromatic carbocycles. The zero-order chi connectivity index (χ0) is 23.0. The predicted molar refractivity (Wildman–Crippen MR) is 105 cm³/mol. The van der Waals surface area contributed by atoms with Crippen LogP contribution < -0.4 is 15.8 Å². The van der Waals surface area contributed by atoms with Gasteiger partial charge >= 0.3 is 6.18 Å². The van der Waals surface area contributed by atoms with Gasteiger partial charge in [-0.15, -0.1) is 0 Å². The maximum Gasteiger partial charge on any atom is 0.424 e. The van der Waals surface area contributed by atoms with Crippen LogP contribution in [-0.2, 0) is 10.3 Å². The number of methoxy groups -OCH3 is 1. The fourth-order valence-corrected chi connectivity index (χ4v) is 3.06. The van der Waals surface area contributed by atoms with Gasteiger partial charge in [0, 0.05) is 17.4 Å². The van der Waals surface area contributed by atoms with Gasteiger partial charge in [0.2, 0.25) is 5.60 Å². The van der Waals surface area contributed by atoms with Crippen molar-refractivity contribution < 1.29 is 31.8 Å². The van der Waals surface area contributed by atoms with E-state index in [1.54, 1.807) is 12.1 Å². The maximum atomic E-state index is 14.6. The largest absolute Gasteiger partial charge is 0.494 e. The minimum atomic E-state index is -4.79. The topological polar surface area (TPSA) is 98.8 Å². The van der Waals surface area contributed by atoms with E-state index in [-0.39, 0.29) is 22.7 Å². The summed E-state index contributed by atoms with van der Waals surface area (Å²) in [5, 5.41) is 2.56. The summed E-state index contributed by atoms with van der Waals surface area (Å²) in [5.41, 5.74) is 1.35. The summed E-state index contributed by atoms with van der Waals surface area (Å²) in [4.78, 5) is 20.4. The second-order valence-corrected chi connectivity index (χ2v) is 7.29. The molecule has 0 aliphatic carbocycles. The van der Waals surface area contributed by atoms with Crippen molar-refractivity contribution in [3.8, 4) is 5.75 Å². The summed E-state index contributed by atoms with van der Waals surface area (Å²) < 4.78 is 64.7. The number of pyridine rings is 1. The van der Waals surface area contributed by atoms with Crippen molar-refractivity contribution in [1.82, 2.24) is 4.98 Å². The third kappa shape index (κ3) is 4.05. The Labute approximate surface area is 175 Å². The van der Waals surface area contributed by atoms with Crippen LogP contribution in [0.1, 0.15) is 29.9 Å². The molecule has 2 atom stereocenters. The zero-order valence-corrected chi connectivity index (χ0v) is 16.9. The van der Waals surface area contributed by atoms with E-state index in [0.29, 0.717) is 0 Å². The number of aliphatic imine (C=N–C) groups is 1. The average molecular weight is 440 g/mol. The number of nitrogens with zero attached hydrogens (tertiary/aromatic N) is 2. The highest BCUT2D eigenvalue weighted by molar-refractivity contribution is 6.04. The van der Waals surface area contributed by atoms with Crippen molar-refractivity contribution in [2.45, 2.75) is 31.2 Å². The van der Waals surface area contributed by atoms with Crippen LogP contribution in [0.4, 0.5) is 23.2 Å². The number of nitrogens with two attached hydrogens (primary N) is 1. The van der Waals surface area contributed by atoms with Crippen molar-refractivity contribution in [3.63, 3.8) is 0 Å². The lowest BCUT2D eigenvalue weighted by molar-refractivity contribution is -0.249. The SMILES string of the molecule is COc1cccnc1C(=O)Nc1ccc(F)c([C@]2(C)CO[C@@](C)(C(F)(F)F)C(N)=N2)c1.